The molecule has 1 aromatic heterocycles. The number of anilines is 1. The largest absolute Gasteiger partial charge is 0.484 e. The summed E-state index contributed by atoms with van der Waals surface area (Å²) < 4.78 is 38.7. The number of aromatic nitrogens is 1. The third-order valence-corrected chi connectivity index (χ3v) is 7.27. The first-order chi connectivity index (χ1) is 16.5. The van der Waals surface area contributed by atoms with Gasteiger partial charge in [-0.15, -0.1) is 0 Å². The van der Waals surface area contributed by atoms with Gasteiger partial charge in [0.15, 0.2) is 6.61 Å². The summed E-state index contributed by atoms with van der Waals surface area (Å²) in [6, 6.07) is 18.5. The van der Waals surface area contributed by atoms with E-state index in [1.54, 1.807) is 60.8 Å². The first-order valence-corrected chi connectivity index (χ1v) is 12.7. The number of hydrogen-bond acceptors (Lipinski definition) is 6. The molecule has 0 radical (unpaired) electrons. The maximum Gasteiger partial charge on any atom is 0.262 e. The zero-order chi connectivity index (χ0) is 23.8. The molecule has 0 unspecified atom stereocenters. The van der Waals surface area contributed by atoms with Gasteiger partial charge >= 0.3 is 0 Å². The number of nitrogens with one attached hydrogen (secondary N) is 1. The molecule has 178 valence electrons. The van der Waals surface area contributed by atoms with Gasteiger partial charge in [0.25, 0.3) is 5.91 Å². The quantitative estimate of drug-likeness (QED) is 0.510. The number of rotatable bonds is 8. The molecule has 1 saturated heterocycles. The lowest BCUT2D eigenvalue weighted by molar-refractivity contribution is -0.118. The van der Waals surface area contributed by atoms with Crippen molar-refractivity contribution in [3.63, 3.8) is 0 Å². The summed E-state index contributed by atoms with van der Waals surface area (Å²) >= 11 is 0. The fourth-order valence-electron chi connectivity index (χ4n) is 3.64. The molecule has 8 nitrogen and oxygen atoms in total. The second kappa shape index (κ2) is 11.1. The van der Waals surface area contributed by atoms with E-state index < -0.39 is 15.9 Å². The predicted molar refractivity (Wildman–Crippen MR) is 129 cm³/mol. The zero-order valence-corrected chi connectivity index (χ0v) is 19.5. The van der Waals surface area contributed by atoms with Gasteiger partial charge in [0.1, 0.15) is 11.5 Å². The van der Waals surface area contributed by atoms with Gasteiger partial charge in [0, 0.05) is 31.0 Å². The molecule has 1 amide bonds. The molecular formula is C25H27N3O5S. The normalized spacial score (nSPS) is 14.7. The van der Waals surface area contributed by atoms with Gasteiger partial charge in [0.2, 0.25) is 15.9 Å². The average molecular weight is 482 g/mol. The highest BCUT2D eigenvalue weighted by Gasteiger charge is 2.25. The van der Waals surface area contributed by atoms with Crippen LogP contribution in [0, 0.1) is 0 Å². The molecule has 0 saturated carbocycles. The number of hydrogen-bond donors (Lipinski definition) is 1. The van der Waals surface area contributed by atoms with Crippen molar-refractivity contribution < 1.29 is 22.7 Å². The minimum absolute atomic E-state index is 0.177. The highest BCUT2D eigenvalue weighted by molar-refractivity contribution is 7.89. The standard InChI is InChI=1S/C25H27N3O5S/c29-24(19-32-21-11-13-22(14-12-21)33-25-10-3-4-15-26-25)27-20-8-7-9-23(18-20)34(30,31)28-16-5-1-2-6-17-28/h3-4,7-15,18H,1-2,5-6,16-17,19H2,(H,27,29). The fourth-order valence-corrected chi connectivity index (χ4v) is 5.21. The lowest BCUT2D eigenvalue weighted by Gasteiger charge is -2.20. The molecule has 34 heavy (non-hydrogen) atoms. The van der Waals surface area contributed by atoms with Crippen LogP contribution in [0.3, 0.4) is 0 Å². The molecule has 0 aliphatic carbocycles. The Kier molecular flexibility index (Phi) is 7.76. The molecule has 2 aromatic carbocycles. The maximum atomic E-state index is 13.0. The van der Waals surface area contributed by atoms with Gasteiger partial charge in [-0.1, -0.05) is 25.0 Å². The van der Waals surface area contributed by atoms with E-state index in [0.717, 1.165) is 25.7 Å². The Morgan fingerprint density at radius 2 is 1.65 bits per heavy atom. The Morgan fingerprint density at radius 3 is 2.35 bits per heavy atom. The van der Waals surface area contributed by atoms with E-state index in [-0.39, 0.29) is 11.5 Å². The molecule has 0 spiro atoms. The summed E-state index contributed by atoms with van der Waals surface area (Å²) in [7, 11) is -3.59. The van der Waals surface area contributed by atoms with E-state index >= 15 is 0 Å². The number of nitrogens with zero attached hydrogens (tertiary/aromatic N) is 2. The highest BCUT2D eigenvalue weighted by Crippen LogP contribution is 2.24. The van der Waals surface area contributed by atoms with Gasteiger partial charge in [0.05, 0.1) is 4.90 Å². The zero-order valence-electron chi connectivity index (χ0n) is 18.7. The van der Waals surface area contributed by atoms with Crippen molar-refractivity contribution in [1.82, 2.24) is 9.29 Å². The Bertz CT molecular complexity index is 1190. The van der Waals surface area contributed by atoms with Crippen LogP contribution in [-0.4, -0.2) is 43.3 Å². The molecule has 0 atom stereocenters. The molecule has 9 heteroatoms. The first kappa shape index (κ1) is 23.7. The topological polar surface area (TPSA) is 97.8 Å². The van der Waals surface area contributed by atoms with Gasteiger partial charge in [-0.25, -0.2) is 13.4 Å². The maximum absolute atomic E-state index is 13.0. The number of carbonyl (C=O) groups is 1. The van der Waals surface area contributed by atoms with Gasteiger partial charge in [-0.05, 0) is 61.4 Å². The Hall–Kier alpha value is -3.43. The molecule has 1 fully saturated rings. The molecule has 1 aliphatic heterocycles. The number of benzene rings is 2. The second-order valence-corrected chi connectivity index (χ2v) is 9.86. The minimum atomic E-state index is -3.59. The van der Waals surface area contributed by atoms with Crippen LogP contribution in [0.4, 0.5) is 5.69 Å². The van der Waals surface area contributed by atoms with Crippen LogP contribution in [0.15, 0.2) is 77.8 Å². The molecule has 1 N–H and O–H groups in total. The van der Waals surface area contributed by atoms with Gasteiger partial charge in [-0.2, -0.15) is 4.31 Å². The van der Waals surface area contributed by atoms with Crippen molar-refractivity contribution in [2.45, 2.75) is 30.6 Å². The van der Waals surface area contributed by atoms with Crippen molar-refractivity contribution in [2.75, 3.05) is 25.0 Å². The third kappa shape index (κ3) is 6.33. The fraction of sp³-hybridized carbons (Fsp3) is 0.280. The number of carbonyl (C=O) groups excluding carboxylic acids is 1. The van der Waals surface area contributed by atoms with E-state index in [0.29, 0.717) is 36.2 Å². The van der Waals surface area contributed by atoms with E-state index in [1.165, 1.54) is 10.4 Å². The van der Waals surface area contributed by atoms with Gasteiger partial charge < -0.3 is 14.8 Å². The third-order valence-electron chi connectivity index (χ3n) is 5.37. The second-order valence-electron chi connectivity index (χ2n) is 7.92. The van der Waals surface area contributed by atoms with Crippen LogP contribution >= 0.6 is 0 Å². The number of ether oxygens (including phenoxy) is 2. The Morgan fingerprint density at radius 1 is 0.912 bits per heavy atom. The Balaban J connectivity index is 1.32. The predicted octanol–water partition coefficient (Wildman–Crippen LogP) is 4.46. The van der Waals surface area contributed by atoms with Crippen LogP contribution in [0.25, 0.3) is 0 Å². The van der Waals surface area contributed by atoms with Crippen LogP contribution in [0.1, 0.15) is 25.7 Å². The van der Waals surface area contributed by atoms with E-state index in [9.17, 15) is 13.2 Å². The van der Waals surface area contributed by atoms with Crippen molar-refractivity contribution >= 4 is 21.6 Å². The van der Waals surface area contributed by atoms with E-state index in [4.69, 9.17) is 9.47 Å². The van der Waals surface area contributed by atoms with Crippen molar-refractivity contribution in [3.05, 3.63) is 72.9 Å². The van der Waals surface area contributed by atoms with Crippen molar-refractivity contribution in [1.29, 1.82) is 0 Å². The van der Waals surface area contributed by atoms with Crippen molar-refractivity contribution in [3.8, 4) is 17.4 Å². The van der Waals surface area contributed by atoms with E-state index in [1.807, 2.05) is 6.07 Å². The van der Waals surface area contributed by atoms with E-state index in [2.05, 4.69) is 10.3 Å². The van der Waals surface area contributed by atoms with Gasteiger partial charge in [-0.3, -0.25) is 4.79 Å². The smallest absolute Gasteiger partial charge is 0.262 e. The number of pyridine rings is 1. The molecule has 0 bridgehead atoms. The minimum Gasteiger partial charge on any atom is -0.484 e. The molecule has 3 aromatic rings. The number of amides is 1. The first-order valence-electron chi connectivity index (χ1n) is 11.2. The summed E-state index contributed by atoms with van der Waals surface area (Å²) in [4.78, 5) is 16.7. The van der Waals surface area contributed by atoms with Crippen LogP contribution < -0.4 is 14.8 Å². The summed E-state index contributed by atoms with van der Waals surface area (Å²) in [5.41, 5.74) is 0.406. The van der Waals surface area contributed by atoms with Crippen LogP contribution in [0.2, 0.25) is 0 Å². The summed E-state index contributed by atoms with van der Waals surface area (Å²) in [5.74, 6) is 1.19. The SMILES string of the molecule is O=C(COc1ccc(Oc2ccccn2)cc1)Nc1cccc(S(=O)(=O)N2CCCCCC2)c1. The highest BCUT2D eigenvalue weighted by atomic mass is 32.2. The lowest BCUT2D eigenvalue weighted by atomic mass is 10.2. The van der Waals surface area contributed by atoms with Crippen molar-refractivity contribution in [2.24, 2.45) is 0 Å². The number of sulfonamides is 1. The molecule has 4 rings (SSSR count). The molecular weight excluding hydrogens is 454 g/mol. The Labute approximate surface area is 199 Å². The summed E-state index contributed by atoms with van der Waals surface area (Å²) in [6.45, 7) is 0.834. The summed E-state index contributed by atoms with van der Waals surface area (Å²) in [5, 5.41) is 2.70. The average Bonchev–Trinajstić information content (AvgIpc) is 3.15. The monoisotopic (exact) mass is 481 g/mol. The lowest BCUT2D eigenvalue weighted by Crippen LogP contribution is -2.32. The van der Waals surface area contributed by atoms with Crippen LogP contribution in [-0.2, 0) is 14.8 Å². The summed E-state index contributed by atoms with van der Waals surface area (Å²) in [6.07, 6.45) is 5.46. The van der Waals surface area contributed by atoms with Crippen LogP contribution in [0.5, 0.6) is 17.4 Å². The molecule has 1 aliphatic rings. The molecule has 2 heterocycles.